The fourth-order valence-electron chi connectivity index (χ4n) is 9.80. The third-order valence-electron chi connectivity index (χ3n) is 12.2. The Morgan fingerprint density at radius 3 is 2.49 bits per heavy atom. The highest BCUT2D eigenvalue weighted by atomic mass is 16.7. The first-order chi connectivity index (χ1) is 20.6. The third-order valence-corrected chi connectivity index (χ3v) is 12.2. The van der Waals surface area contributed by atoms with Crippen molar-refractivity contribution in [1.29, 1.82) is 0 Å². The fraction of sp³-hybridized carbons (Fsp3) is 0.730. The molecule has 3 saturated carbocycles. The zero-order valence-electron chi connectivity index (χ0n) is 26.5. The Bertz CT molecular complexity index is 1220. The Labute approximate surface area is 257 Å². The van der Waals surface area contributed by atoms with E-state index in [1.54, 1.807) is 0 Å². The number of ether oxygens (including phenoxy) is 4. The summed E-state index contributed by atoms with van der Waals surface area (Å²) in [7, 11) is 0. The van der Waals surface area contributed by atoms with E-state index in [4.69, 9.17) is 18.9 Å². The molecule has 2 aliphatic heterocycles. The Morgan fingerprint density at radius 2 is 1.74 bits per heavy atom. The van der Waals surface area contributed by atoms with Gasteiger partial charge in [-0.3, -0.25) is 0 Å². The maximum absolute atomic E-state index is 12.4. The molecular formula is C37H52O6. The van der Waals surface area contributed by atoms with Gasteiger partial charge in [-0.25, -0.2) is 0 Å². The number of allylic oxidation sites excluding steroid dienone is 1. The highest BCUT2D eigenvalue weighted by Gasteiger charge is 2.64. The van der Waals surface area contributed by atoms with Crippen LogP contribution in [0.25, 0.3) is 0 Å². The molecule has 236 valence electrons. The summed E-state index contributed by atoms with van der Waals surface area (Å²) < 4.78 is 24.6. The smallest absolute Gasteiger partial charge is 0.171 e. The van der Waals surface area contributed by atoms with Crippen molar-refractivity contribution in [2.24, 2.45) is 22.7 Å². The van der Waals surface area contributed by atoms with Crippen molar-refractivity contribution in [1.82, 2.24) is 0 Å². The van der Waals surface area contributed by atoms with Crippen LogP contribution in [0.5, 0.6) is 0 Å². The van der Waals surface area contributed by atoms with Gasteiger partial charge in [0.1, 0.15) is 0 Å². The minimum atomic E-state index is -0.903. The maximum atomic E-state index is 12.4. The first kappa shape index (κ1) is 30.1. The molecule has 0 aromatic heterocycles. The van der Waals surface area contributed by atoms with Crippen molar-refractivity contribution < 1.29 is 29.2 Å². The van der Waals surface area contributed by atoms with E-state index < -0.39 is 17.0 Å². The van der Waals surface area contributed by atoms with E-state index in [1.165, 1.54) is 16.7 Å². The van der Waals surface area contributed by atoms with Crippen LogP contribution in [-0.4, -0.2) is 59.9 Å². The summed E-state index contributed by atoms with van der Waals surface area (Å²) in [6.45, 7) is 9.24. The molecule has 1 aromatic rings. The highest BCUT2D eigenvalue weighted by Crippen LogP contribution is 2.68. The van der Waals surface area contributed by atoms with Gasteiger partial charge < -0.3 is 29.2 Å². The van der Waals surface area contributed by atoms with E-state index in [2.05, 4.69) is 57.2 Å². The van der Waals surface area contributed by atoms with Crippen LogP contribution in [0, 0.1) is 22.7 Å². The molecule has 0 amide bonds. The number of benzene rings is 1. The van der Waals surface area contributed by atoms with Crippen LogP contribution in [0.4, 0.5) is 0 Å². The third kappa shape index (κ3) is 5.28. The SMILES string of the molecule is CC1(C)COC2(CCC3=C4[C@@H](CC[C@@]3(O)C2)[C@@H]2CC[C@@](O)(/C=C\COC3CCCCO3)[C@@]2(C)C[C@@H]4c2ccccc2)OC1. The lowest BCUT2D eigenvalue weighted by atomic mass is 9.49. The first-order valence-corrected chi connectivity index (χ1v) is 17.0. The molecule has 1 spiro atoms. The molecule has 6 nitrogen and oxygen atoms in total. The second-order valence-corrected chi connectivity index (χ2v) is 15.6. The van der Waals surface area contributed by atoms with Gasteiger partial charge >= 0.3 is 0 Å². The van der Waals surface area contributed by atoms with Gasteiger partial charge in [0.15, 0.2) is 12.1 Å². The van der Waals surface area contributed by atoms with E-state index in [0.717, 1.165) is 70.8 Å². The standard InChI is InChI=1S/C37H52O6/c1-33(2)24-42-37(43-25-33)19-15-30-32-27(13-17-35(30,38)23-37)29-14-18-36(39,16-9-21-41-31-12-7-8-20-40-31)34(29,3)22-28(32)26-10-5-4-6-11-26/h4-6,9-11,16,27-29,31,38-39H,7-8,12-15,17-25H2,1-3H3/b16-9-/t27-,28+,29-,31?,34-,35+,36-/m0/s1. The van der Waals surface area contributed by atoms with Crippen LogP contribution < -0.4 is 0 Å². The minimum Gasteiger partial charge on any atom is -0.385 e. The molecule has 6 heteroatoms. The topological polar surface area (TPSA) is 77.4 Å². The van der Waals surface area contributed by atoms with E-state index in [-0.39, 0.29) is 23.0 Å². The van der Waals surface area contributed by atoms with E-state index >= 15 is 0 Å². The highest BCUT2D eigenvalue weighted by molar-refractivity contribution is 5.44. The molecule has 1 unspecified atom stereocenters. The summed E-state index contributed by atoms with van der Waals surface area (Å²) in [5, 5.41) is 24.8. The Balaban J connectivity index is 1.19. The second-order valence-electron chi connectivity index (χ2n) is 15.6. The Hall–Kier alpha value is -1.54. The molecule has 0 radical (unpaired) electrons. The van der Waals surface area contributed by atoms with Crippen LogP contribution in [-0.2, 0) is 18.9 Å². The maximum Gasteiger partial charge on any atom is 0.171 e. The lowest BCUT2D eigenvalue weighted by Crippen LogP contribution is -2.58. The largest absolute Gasteiger partial charge is 0.385 e. The van der Waals surface area contributed by atoms with Crippen LogP contribution in [0.2, 0.25) is 0 Å². The van der Waals surface area contributed by atoms with Gasteiger partial charge in [-0.15, -0.1) is 0 Å². The fourth-order valence-corrected chi connectivity index (χ4v) is 9.80. The summed E-state index contributed by atoms with van der Waals surface area (Å²) in [5.41, 5.74) is 1.93. The minimum absolute atomic E-state index is 0.0000103. The average Bonchev–Trinajstić information content (AvgIpc) is 3.27. The molecule has 4 aliphatic carbocycles. The number of hydrogen-bond acceptors (Lipinski definition) is 6. The van der Waals surface area contributed by atoms with Gasteiger partial charge in [0.25, 0.3) is 0 Å². The molecule has 7 rings (SSSR count). The van der Waals surface area contributed by atoms with Crippen molar-refractivity contribution in [2.45, 2.75) is 121 Å². The second kappa shape index (κ2) is 11.1. The lowest BCUT2D eigenvalue weighted by Gasteiger charge is -2.58. The number of fused-ring (bicyclic) bond motifs is 4. The van der Waals surface area contributed by atoms with Gasteiger partial charge in [-0.05, 0) is 80.8 Å². The summed E-state index contributed by atoms with van der Waals surface area (Å²) in [6, 6.07) is 10.8. The molecule has 2 saturated heterocycles. The van der Waals surface area contributed by atoms with Gasteiger partial charge in [-0.2, -0.15) is 0 Å². The molecule has 2 N–H and O–H groups in total. The zero-order chi connectivity index (χ0) is 29.9. The quantitative estimate of drug-likeness (QED) is 0.366. The van der Waals surface area contributed by atoms with Crippen LogP contribution in [0.1, 0.15) is 103 Å². The van der Waals surface area contributed by atoms with Gasteiger partial charge in [0, 0.05) is 36.2 Å². The lowest BCUT2D eigenvalue weighted by molar-refractivity contribution is -0.322. The number of rotatable bonds is 5. The van der Waals surface area contributed by atoms with Gasteiger partial charge in [-0.1, -0.05) is 68.8 Å². The van der Waals surface area contributed by atoms with Crippen molar-refractivity contribution >= 4 is 0 Å². The zero-order valence-corrected chi connectivity index (χ0v) is 26.5. The predicted octanol–water partition coefficient (Wildman–Crippen LogP) is 6.81. The van der Waals surface area contributed by atoms with Crippen LogP contribution in [0.15, 0.2) is 53.6 Å². The molecule has 2 heterocycles. The molecule has 5 fully saturated rings. The van der Waals surface area contributed by atoms with Crippen LogP contribution in [0.3, 0.4) is 0 Å². The van der Waals surface area contributed by atoms with Crippen molar-refractivity contribution in [3.63, 3.8) is 0 Å². The van der Waals surface area contributed by atoms with Crippen molar-refractivity contribution in [2.75, 3.05) is 26.4 Å². The number of hydrogen-bond donors (Lipinski definition) is 2. The first-order valence-electron chi connectivity index (χ1n) is 17.0. The molecule has 43 heavy (non-hydrogen) atoms. The normalized spacial score (nSPS) is 42.1. The van der Waals surface area contributed by atoms with Crippen molar-refractivity contribution in [3.8, 4) is 0 Å². The Kier molecular flexibility index (Phi) is 7.75. The van der Waals surface area contributed by atoms with Gasteiger partial charge in [0.05, 0.1) is 31.0 Å². The molecule has 1 aromatic carbocycles. The predicted molar refractivity (Wildman–Crippen MR) is 165 cm³/mol. The molecule has 0 bridgehead atoms. The monoisotopic (exact) mass is 592 g/mol. The molecule has 6 aliphatic rings. The van der Waals surface area contributed by atoms with Crippen LogP contribution >= 0.6 is 0 Å². The van der Waals surface area contributed by atoms with E-state index in [9.17, 15) is 10.2 Å². The number of aliphatic hydroxyl groups is 2. The summed E-state index contributed by atoms with van der Waals surface area (Å²) in [4.78, 5) is 0. The van der Waals surface area contributed by atoms with E-state index in [1.807, 2.05) is 6.08 Å². The van der Waals surface area contributed by atoms with Crippen molar-refractivity contribution in [3.05, 3.63) is 59.2 Å². The molecule has 7 atom stereocenters. The van der Waals surface area contributed by atoms with E-state index in [0.29, 0.717) is 38.1 Å². The Morgan fingerprint density at radius 1 is 0.953 bits per heavy atom. The average molecular weight is 593 g/mol. The molecular weight excluding hydrogens is 540 g/mol. The van der Waals surface area contributed by atoms with Gasteiger partial charge in [0.2, 0.25) is 0 Å². The summed E-state index contributed by atoms with van der Waals surface area (Å²) >= 11 is 0. The summed E-state index contributed by atoms with van der Waals surface area (Å²) in [6.07, 6.45) is 13.6. The summed E-state index contributed by atoms with van der Waals surface area (Å²) in [5.74, 6) is 0.209.